The van der Waals surface area contributed by atoms with Crippen molar-refractivity contribution in [2.24, 2.45) is 11.8 Å². The van der Waals surface area contributed by atoms with Crippen molar-refractivity contribution in [2.45, 2.75) is 63.9 Å². The highest BCUT2D eigenvalue weighted by Gasteiger charge is 2.39. The maximum absolute atomic E-state index is 14.1. The number of nitrogens with one attached hydrogen (secondary N) is 4. The van der Waals surface area contributed by atoms with E-state index in [1.807, 2.05) is 47.5 Å². The lowest BCUT2D eigenvalue weighted by atomic mass is 9.92. The maximum Gasteiger partial charge on any atom is 0.407 e. The first-order valence-electron chi connectivity index (χ1n) is 21.7. The Morgan fingerprint density at radius 1 is 0.905 bits per heavy atom. The molecule has 5 atom stereocenters. The Balaban J connectivity index is 0.958. The van der Waals surface area contributed by atoms with Crippen LogP contribution in [0.15, 0.2) is 79.0 Å². The van der Waals surface area contributed by atoms with Crippen LogP contribution in [-0.2, 0) is 25.6 Å². The van der Waals surface area contributed by atoms with Gasteiger partial charge in [-0.05, 0) is 83.0 Å². The van der Waals surface area contributed by atoms with E-state index in [1.54, 1.807) is 7.11 Å². The molecule has 3 aliphatic rings. The number of likely N-dealkylation sites (tertiary alicyclic amines) is 2. The van der Waals surface area contributed by atoms with Crippen molar-refractivity contribution in [1.29, 1.82) is 0 Å². The molecule has 2 aromatic heterocycles. The molecule has 4 aromatic carbocycles. The lowest BCUT2D eigenvalue weighted by Gasteiger charge is -2.30. The van der Waals surface area contributed by atoms with Gasteiger partial charge in [-0.15, -0.1) is 0 Å². The fourth-order valence-corrected chi connectivity index (χ4v) is 9.60. The van der Waals surface area contributed by atoms with Gasteiger partial charge in [0.25, 0.3) is 5.91 Å². The smallest absolute Gasteiger partial charge is 0.407 e. The van der Waals surface area contributed by atoms with Gasteiger partial charge in [0.2, 0.25) is 0 Å². The number of rotatable bonds is 12. The van der Waals surface area contributed by atoms with Crippen molar-refractivity contribution in [3.8, 4) is 28.1 Å². The summed E-state index contributed by atoms with van der Waals surface area (Å²) in [4.78, 5) is 60.0. The largest absolute Gasteiger partial charge is 0.488 e. The summed E-state index contributed by atoms with van der Waals surface area (Å²) in [6.07, 6.45) is 3.25. The minimum absolute atomic E-state index is 0.0414. The molecule has 63 heavy (non-hydrogen) atoms. The van der Waals surface area contributed by atoms with Crippen LogP contribution in [0.2, 0.25) is 0 Å². The number of amides is 3. The molecule has 3 aliphatic heterocycles. The summed E-state index contributed by atoms with van der Waals surface area (Å²) in [5.74, 6) is 2.72. The first-order valence-corrected chi connectivity index (χ1v) is 21.7. The van der Waals surface area contributed by atoms with E-state index in [1.165, 1.54) is 14.2 Å². The van der Waals surface area contributed by atoms with Crippen molar-refractivity contribution < 1.29 is 33.3 Å². The van der Waals surface area contributed by atoms with Gasteiger partial charge in [0.15, 0.2) is 0 Å². The number of aromatic amines is 2. The predicted octanol–water partition coefficient (Wildman–Crippen LogP) is 7.82. The normalized spacial score (nSPS) is 19.4. The Hall–Kier alpha value is -6.45. The number of hydrogen-bond acceptors (Lipinski definition) is 10. The van der Waals surface area contributed by atoms with Gasteiger partial charge in [-0.2, -0.15) is 0 Å². The Kier molecular flexibility index (Phi) is 11.8. The van der Waals surface area contributed by atoms with Gasteiger partial charge < -0.3 is 44.4 Å². The summed E-state index contributed by atoms with van der Waals surface area (Å²) in [7, 11) is 4.42. The Bertz CT molecular complexity index is 2640. The second-order valence-electron chi connectivity index (χ2n) is 17.2. The number of alkyl carbamates (subject to hydrolysis) is 2. The number of carbonyl (C=O) groups is 3. The van der Waals surface area contributed by atoms with Gasteiger partial charge in [-0.1, -0.05) is 62.4 Å². The topological polar surface area (TPSA) is 176 Å². The van der Waals surface area contributed by atoms with Crippen LogP contribution in [0, 0.1) is 11.8 Å². The zero-order valence-electron chi connectivity index (χ0n) is 36.3. The molecule has 0 radical (unpaired) electrons. The molecule has 0 aliphatic carbocycles. The van der Waals surface area contributed by atoms with Crippen LogP contribution in [-0.4, -0.2) is 101 Å². The van der Waals surface area contributed by atoms with E-state index in [4.69, 9.17) is 28.9 Å². The zero-order chi connectivity index (χ0) is 43.8. The predicted molar refractivity (Wildman–Crippen MR) is 238 cm³/mol. The number of ether oxygens (including phenoxy) is 4. The third kappa shape index (κ3) is 8.30. The van der Waals surface area contributed by atoms with Crippen LogP contribution in [0.5, 0.6) is 5.75 Å². The molecule has 0 spiro atoms. The number of nitrogens with zero attached hydrogens (tertiary/aromatic N) is 4. The molecule has 4 N–H and O–H groups in total. The van der Waals surface area contributed by atoms with Gasteiger partial charge in [0.1, 0.15) is 30.0 Å². The minimum Gasteiger partial charge on any atom is -0.488 e. The quantitative estimate of drug-likeness (QED) is 0.0950. The van der Waals surface area contributed by atoms with Crippen LogP contribution in [0.25, 0.3) is 44.2 Å². The van der Waals surface area contributed by atoms with Crippen molar-refractivity contribution in [3.63, 3.8) is 0 Å². The Labute approximate surface area is 365 Å². The summed E-state index contributed by atoms with van der Waals surface area (Å²) in [5, 5.41) is 7.75. The van der Waals surface area contributed by atoms with Crippen LogP contribution >= 0.6 is 0 Å². The number of fused-ring (bicyclic) bond motifs is 6. The molecule has 3 amide bonds. The molecule has 2 fully saturated rings. The number of benzene rings is 4. The molecule has 15 nitrogen and oxygen atoms in total. The fourth-order valence-electron chi connectivity index (χ4n) is 9.60. The summed E-state index contributed by atoms with van der Waals surface area (Å²) in [6, 6.07) is 22.8. The van der Waals surface area contributed by atoms with Crippen molar-refractivity contribution in [2.75, 3.05) is 47.6 Å². The molecule has 0 saturated carbocycles. The summed E-state index contributed by atoms with van der Waals surface area (Å²) in [6.45, 7) is 7.32. The second kappa shape index (κ2) is 17.7. The van der Waals surface area contributed by atoms with Crippen LogP contribution in [0.4, 0.5) is 9.59 Å². The lowest BCUT2D eigenvalue weighted by molar-refractivity contribution is -0.134. The van der Waals surface area contributed by atoms with E-state index in [-0.39, 0.29) is 30.0 Å². The highest BCUT2D eigenvalue weighted by molar-refractivity contribution is 6.07. The standard InChI is InChI=1S/C48H54N8O7/c1-27(2)38(52-47(58)61-4)24-55-23-28(25-60-3)18-40(55)44-49-22-37(51-44)31-13-15-33-32(19-31)26-63-41-21-34-30(20-35(33)41)14-16-36-43(34)53-45(50-36)39-12-9-17-56(39)46(57)42(54-48(59)62-5)29-10-7-6-8-11-29/h6-8,10-11,13-16,19-22,27-28,38-40,42H,9,12,17-18,23-26H2,1-5H3,(H,49,51)(H,50,53)(H,52,58)(H,54,59)/t28-,38+,39-,40-,42+/m0/s1. The number of carbonyl (C=O) groups excluding carboxylic acids is 3. The van der Waals surface area contributed by atoms with Crippen molar-refractivity contribution in [3.05, 3.63) is 102 Å². The molecule has 0 unspecified atom stereocenters. The SMILES string of the molecule is COC[C@H]1C[C@@H](c2ncc(-c3ccc4c(c3)COc3cc5c(ccc6[nH]c([C@@H]7CCCN7C(=O)[C@H](NC(=O)OC)c7ccccc7)nc65)cc3-4)[nH]2)N(C[C@@H](NC(=O)OC)C(C)C)C1. The molecule has 9 rings (SSSR count). The van der Waals surface area contributed by atoms with Gasteiger partial charge in [-0.25, -0.2) is 19.6 Å². The third-order valence-electron chi connectivity index (χ3n) is 12.9. The van der Waals surface area contributed by atoms with Gasteiger partial charge in [0, 0.05) is 43.7 Å². The molecule has 2 saturated heterocycles. The highest BCUT2D eigenvalue weighted by atomic mass is 16.5. The lowest BCUT2D eigenvalue weighted by Crippen LogP contribution is -2.46. The number of aromatic nitrogens is 4. The van der Waals surface area contributed by atoms with Crippen LogP contribution < -0.4 is 15.4 Å². The van der Waals surface area contributed by atoms with Gasteiger partial charge in [0.05, 0.1) is 55.8 Å². The molecule has 15 heteroatoms. The van der Waals surface area contributed by atoms with E-state index < -0.39 is 18.2 Å². The highest BCUT2D eigenvalue weighted by Crippen LogP contribution is 2.44. The van der Waals surface area contributed by atoms with Crippen LogP contribution in [0.3, 0.4) is 0 Å². The zero-order valence-corrected chi connectivity index (χ0v) is 36.3. The molecule has 5 heterocycles. The molecular formula is C48H54N8O7. The number of hydrogen-bond donors (Lipinski definition) is 4. The van der Waals surface area contributed by atoms with Gasteiger partial charge >= 0.3 is 12.2 Å². The van der Waals surface area contributed by atoms with Gasteiger partial charge in [-0.3, -0.25) is 9.69 Å². The summed E-state index contributed by atoms with van der Waals surface area (Å²) in [5.41, 5.74) is 7.51. The maximum atomic E-state index is 14.1. The monoisotopic (exact) mass is 854 g/mol. The summed E-state index contributed by atoms with van der Waals surface area (Å²) < 4.78 is 21.8. The number of imidazole rings is 2. The Morgan fingerprint density at radius 3 is 2.49 bits per heavy atom. The van der Waals surface area contributed by atoms with Crippen LogP contribution in [0.1, 0.15) is 74.0 Å². The van der Waals surface area contributed by atoms with E-state index in [9.17, 15) is 14.4 Å². The van der Waals surface area contributed by atoms with E-state index in [0.29, 0.717) is 43.6 Å². The first kappa shape index (κ1) is 41.9. The third-order valence-corrected chi connectivity index (χ3v) is 12.9. The Morgan fingerprint density at radius 2 is 1.71 bits per heavy atom. The first-order chi connectivity index (χ1) is 30.6. The van der Waals surface area contributed by atoms with Crippen molar-refractivity contribution >= 4 is 39.9 Å². The second-order valence-corrected chi connectivity index (χ2v) is 17.2. The molecular weight excluding hydrogens is 801 g/mol. The molecule has 6 aromatic rings. The number of H-pyrrole nitrogens is 2. The summed E-state index contributed by atoms with van der Waals surface area (Å²) >= 11 is 0. The fraction of sp³-hybridized carbons (Fsp3) is 0.396. The molecule has 0 bridgehead atoms. The average molecular weight is 855 g/mol. The minimum atomic E-state index is -0.895. The van der Waals surface area contributed by atoms with E-state index >= 15 is 0 Å². The average Bonchev–Trinajstić information content (AvgIpc) is 4.14. The van der Waals surface area contributed by atoms with Crippen molar-refractivity contribution in [1.82, 2.24) is 40.4 Å². The molecule has 328 valence electrons. The number of methoxy groups -OCH3 is 3. The van der Waals surface area contributed by atoms with E-state index in [2.05, 4.69) is 75.7 Å². The van der Waals surface area contributed by atoms with E-state index in [0.717, 1.165) is 87.1 Å².